The molecule has 212 valence electrons. The third-order valence-corrected chi connectivity index (χ3v) is 7.30. The van der Waals surface area contributed by atoms with Crippen LogP contribution in [-0.2, 0) is 19.5 Å². The molecule has 9 heteroatoms. The van der Waals surface area contributed by atoms with E-state index in [1.165, 1.54) is 0 Å². The molecule has 3 aromatic carbocycles. The number of hydrogen-bond acceptors (Lipinski definition) is 5. The molecule has 9 nitrogen and oxygen atoms in total. The van der Waals surface area contributed by atoms with Crippen molar-refractivity contribution in [2.75, 3.05) is 26.1 Å². The maximum atomic E-state index is 14.0. The fourth-order valence-corrected chi connectivity index (χ4v) is 5.41. The first-order valence-electron chi connectivity index (χ1n) is 13.6. The summed E-state index contributed by atoms with van der Waals surface area (Å²) in [5.74, 6) is 1.25. The number of aryl methyl sites for hydroxylation is 4. The lowest BCUT2D eigenvalue weighted by Crippen LogP contribution is -2.44. The van der Waals surface area contributed by atoms with Gasteiger partial charge in [-0.05, 0) is 68.1 Å². The molecule has 0 radical (unpaired) electrons. The zero-order valence-corrected chi connectivity index (χ0v) is 24.1. The number of urea groups is 1. The van der Waals surface area contributed by atoms with Crippen LogP contribution in [0.15, 0.2) is 70.5 Å². The van der Waals surface area contributed by atoms with E-state index < -0.39 is 0 Å². The van der Waals surface area contributed by atoms with E-state index in [2.05, 4.69) is 29.7 Å². The van der Waals surface area contributed by atoms with Gasteiger partial charge in [0.05, 0.1) is 25.6 Å². The summed E-state index contributed by atoms with van der Waals surface area (Å²) in [6.07, 6.45) is 0.674. The van der Waals surface area contributed by atoms with E-state index >= 15 is 0 Å². The van der Waals surface area contributed by atoms with Crippen LogP contribution in [0, 0.1) is 20.8 Å². The number of carbonyl (C=O) groups excluding carboxylic acids is 1. The highest BCUT2D eigenvalue weighted by atomic mass is 16.5. The zero-order valence-electron chi connectivity index (χ0n) is 24.1. The highest BCUT2D eigenvalue weighted by Crippen LogP contribution is 2.37. The van der Waals surface area contributed by atoms with Crippen molar-refractivity contribution in [3.05, 3.63) is 98.9 Å². The zero-order chi connectivity index (χ0) is 29.1. The van der Waals surface area contributed by atoms with Gasteiger partial charge in [-0.2, -0.15) is 0 Å². The number of anilines is 1. The van der Waals surface area contributed by atoms with Crippen LogP contribution in [0.3, 0.4) is 0 Å². The molecule has 41 heavy (non-hydrogen) atoms. The second kappa shape index (κ2) is 11.8. The summed E-state index contributed by atoms with van der Waals surface area (Å²) >= 11 is 0. The van der Waals surface area contributed by atoms with E-state index in [0.717, 1.165) is 39.2 Å². The summed E-state index contributed by atoms with van der Waals surface area (Å²) in [4.78, 5) is 31.5. The number of rotatable bonds is 7. The van der Waals surface area contributed by atoms with Crippen LogP contribution in [0.5, 0.6) is 11.5 Å². The largest absolute Gasteiger partial charge is 0.493 e. The second-order valence-corrected chi connectivity index (χ2v) is 10.2. The lowest BCUT2D eigenvalue weighted by Gasteiger charge is -2.24. The predicted octanol–water partition coefficient (Wildman–Crippen LogP) is 4.87. The molecule has 0 fully saturated rings. The van der Waals surface area contributed by atoms with E-state index in [-0.39, 0.29) is 24.8 Å². The Balaban J connectivity index is 1.58. The Morgan fingerprint density at radius 1 is 0.951 bits per heavy atom. The molecule has 4 aromatic rings. The number of carbonyl (C=O) groups is 1. The molecule has 0 aliphatic carbocycles. The summed E-state index contributed by atoms with van der Waals surface area (Å²) in [5, 5.41) is 5.67. The van der Waals surface area contributed by atoms with Gasteiger partial charge in [0.2, 0.25) is 0 Å². The minimum atomic E-state index is -0.339. The summed E-state index contributed by atoms with van der Waals surface area (Å²) < 4.78 is 14.5. The Hall–Kier alpha value is -4.79. The molecular formula is C32H35N5O4. The van der Waals surface area contributed by atoms with E-state index in [1.54, 1.807) is 23.4 Å². The number of amides is 2. The first-order chi connectivity index (χ1) is 19.8. The Labute approximate surface area is 239 Å². The topological polar surface area (TPSA) is 98.9 Å². The van der Waals surface area contributed by atoms with Gasteiger partial charge in [0.1, 0.15) is 5.49 Å². The van der Waals surface area contributed by atoms with Crippen LogP contribution in [0.4, 0.5) is 16.2 Å². The minimum absolute atomic E-state index is 0.186. The van der Waals surface area contributed by atoms with Gasteiger partial charge in [0, 0.05) is 37.0 Å². The van der Waals surface area contributed by atoms with E-state index in [4.69, 9.17) is 14.5 Å². The van der Waals surface area contributed by atoms with Crippen LogP contribution in [0.1, 0.15) is 22.3 Å². The average molecular weight is 554 g/mol. The molecule has 1 aromatic heterocycles. The molecule has 2 heterocycles. The van der Waals surface area contributed by atoms with Crippen LogP contribution in [0.2, 0.25) is 0 Å². The number of methoxy groups -OCH3 is 2. The quantitative estimate of drug-likeness (QED) is 0.341. The van der Waals surface area contributed by atoms with Crippen LogP contribution in [-0.4, -0.2) is 35.9 Å². The summed E-state index contributed by atoms with van der Waals surface area (Å²) in [6.45, 7) is 7.12. The summed E-state index contributed by atoms with van der Waals surface area (Å²) in [5.41, 5.74) is 7.81. The molecule has 1 aliphatic rings. The highest BCUT2D eigenvalue weighted by molar-refractivity contribution is 5.89. The first-order valence-corrected chi connectivity index (χ1v) is 13.6. The number of nitrogens with one attached hydrogen (secondary N) is 2. The number of nitrogens with zero attached hydrogens (tertiary/aromatic N) is 3. The number of aromatic nitrogens is 2. The molecule has 2 N–H and O–H groups in total. The summed E-state index contributed by atoms with van der Waals surface area (Å²) in [6, 6.07) is 18.9. The fourth-order valence-electron chi connectivity index (χ4n) is 5.41. The first kappa shape index (κ1) is 27.8. The molecule has 2 amide bonds. The lowest BCUT2D eigenvalue weighted by atomic mass is 9.97. The number of ether oxygens (including phenoxy) is 2. The van der Waals surface area contributed by atoms with Crippen molar-refractivity contribution >= 4 is 17.4 Å². The molecule has 0 unspecified atom stereocenters. The van der Waals surface area contributed by atoms with Crippen molar-refractivity contribution in [1.82, 2.24) is 14.5 Å². The van der Waals surface area contributed by atoms with E-state index in [9.17, 15) is 9.59 Å². The van der Waals surface area contributed by atoms with Gasteiger partial charge in [-0.15, -0.1) is 0 Å². The standard InChI is InChI=1S/C32H35N5O4/c1-20-15-21(2)30(22(3)16-20)35-29-19-26-25-18-28(41-5)27(40-4)17-23(25)11-13-36(26)32(39)37(29)14-12-33-31(38)34-24-9-7-6-8-10-24/h6-10,15-19H,11-14H2,1-5H3,(H2,33,34,38)/b35-29+. The molecule has 1 aliphatic heterocycles. The predicted molar refractivity (Wildman–Crippen MR) is 160 cm³/mol. The number of hydrogen-bond donors (Lipinski definition) is 2. The SMILES string of the molecule is COc1cc2c(cc1OC)-c1c/c(=N\c3c(C)cc(C)cc3C)n(CCNC(=O)Nc3ccccc3)c(=O)n1CC2. The van der Waals surface area contributed by atoms with Gasteiger partial charge in [0.15, 0.2) is 11.5 Å². The van der Waals surface area contributed by atoms with Gasteiger partial charge in [-0.25, -0.2) is 14.6 Å². The molecule has 0 bridgehead atoms. The van der Waals surface area contributed by atoms with Crippen molar-refractivity contribution in [3.8, 4) is 22.8 Å². The highest BCUT2D eigenvalue weighted by Gasteiger charge is 2.22. The van der Waals surface area contributed by atoms with Crippen molar-refractivity contribution in [2.45, 2.75) is 40.3 Å². The van der Waals surface area contributed by atoms with Gasteiger partial charge in [-0.1, -0.05) is 35.9 Å². The van der Waals surface area contributed by atoms with Crippen LogP contribution >= 0.6 is 0 Å². The van der Waals surface area contributed by atoms with Crippen molar-refractivity contribution in [1.29, 1.82) is 0 Å². The molecule has 0 spiro atoms. The second-order valence-electron chi connectivity index (χ2n) is 10.2. The molecule has 0 atom stereocenters. The van der Waals surface area contributed by atoms with Crippen LogP contribution in [0.25, 0.3) is 11.3 Å². The third kappa shape index (κ3) is 5.75. The van der Waals surface area contributed by atoms with Crippen LogP contribution < -0.4 is 31.3 Å². The van der Waals surface area contributed by atoms with Crippen molar-refractivity contribution < 1.29 is 14.3 Å². The van der Waals surface area contributed by atoms with Gasteiger partial charge in [-0.3, -0.25) is 9.13 Å². The molecule has 5 rings (SSSR count). The number of benzene rings is 3. The average Bonchev–Trinajstić information content (AvgIpc) is 2.95. The molecular weight excluding hydrogens is 518 g/mol. The molecule has 0 saturated carbocycles. The Morgan fingerprint density at radius 2 is 1.63 bits per heavy atom. The Bertz CT molecular complexity index is 1710. The Kier molecular flexibility index (Phi) is 7.96. The minimum Gasteiger partial charge on any atom is -0.493 e. The van der Waals surface area contributed by atoms with Crippen molar-refractivity contribution in [3.63, 3.8) is 0 Å². The van der Waals surface area contributed by atoms with Gasteiger partial charge < -0.3 is 20.1 Å². The van der Waals surface area contributed by atoms with E-state index in [1.807, 2.05) is 62.4 Å². The third-order valence-electron chi connectivity index (χ3n) is 7.30. The number of fused-ring (bicyclic) bond motifs is 3. The molecule has 0 saturated heterocycles. The van der Waals surface area contributed by atoms with E-state index in [0.29, 0.717) is 35.6 Å². The fraction of sp³-hybridized carbons (Fsp3) is 0.281. The monoisotopic (exact) mass is 553 g/mol. The van der Waals surface area contributed by atoms with Gasteiger partial charge in [0.25, 0.3) is 0 Å². The maximum absolute atomic E-state index is 14.0. The summed E-state index contributed by atoms with van der Waals surface area (Å²) in [7, 11) is 3.22. The normalized spacial score (nSPS) is 12.4. The number of para-hydroxylation sites is 1. The van der Waals surface area contributed by atoms with Crippen molar-refractivity contribution in [2.24, 2.45) is 4.99 Å². The lowest BCUT2D eigenvalue weighted by molar-refractivity contribution is 0.251. The maximum Gasteiger partial charge on any atom is 0.330 e. The smallest absolute Gasteiger partial charge is 0.330 e. The van der Waals surface area contributed by atoms with Gasteiger partial charge >= 0.3 is 11.7 Å². The Morgan fingerprint density at radius 3 is 2.32 bits per heavy atom.